The molecular formula is C39H19N5O. The average Bonchev–Trinajstić information content (AvgIpc) is 3.74. The summed E-state index contributed by atoms with van der Waals surface area (Å²) in [4.78, 5) is 3.74. The Morgan fingerprint density at radius 2 is 1.16 bits per heavy atom. The molecule has 0 aliphatic rings. The molecule has 6 heteroatoms. The number of fused-ring (bicyclic) bond motifs is 10. The lowest BCUT2D eigenvalue weighted by atomic mass is 10.1. The van der Waals surface area contributed by atoms with Gasteiger partial charge in [0.15, 0.2) is 5.69 Å². The molecule has 0 amide bonds. The second-order valence-corrected chi connectivity index (χ2v) is 11.1. The third-order valence-electron chi connectivity index (χ3n) is 8.75. The molecule has 0 bridgehead atoms. The highest BCUT2D eigenvalue weighted by Crippen LogP contribution is 2.42. The smallest absolute Gasteiger partial charge is 0.188 e. The molecule has 0 spiro atoms. The molecule has 6 nitrogen and oxygen atoms in total. The topological polar surface area (TPSA) is 74.9 Å². The largest absolute Gasteiger partial charge is 0.456 e. The van der Waals surface area contributed by atoms with Crippen molar-refractivity contribution >= 4 is 71.2 Å². The molecule has 206 valence electrons. The van der Waals surface area contributed by atoms with Gasteiger partial charge in [-0.05, 0) is 90.3 Å². The summed E-state index contributed by atoms with van der Waals surface area (Å²) in [6, 6.07) is 42.3. The fraction of sp³-hybridized carbons (Fsp3) is 0. The van der Waals surface area contributed by atoms with Gasteiger partial charge in [0, 0.05) is 38.3 Å². The van der Waals surface area contributed by atoms with Gasteiger partial charge in [0.05, 0.1) is 51.9 Å². The summed E-state index contributed by atoms with van der Waals surface area (Å²) in [5, 5.41) is 25.2. The van der Waals surface area contributed by atoms with Gasteiger partial charge in [-0.2, -0.15) is 10.5 Å². The minimum Gasteiger partial charge on any atom is -0.456 e. The van der Waals surface area contributed by atoms with Gasteiger partial charge >= 0.3 is 0 Å². The van der Waals surface area contributed by atoms with Gasteiger partial charge < -0.3 is 13.6 Å². The Hall–Kier alpha value is -6.81. The molecule has 0 saturated heterocycles. The number of nitrogens with zero attached hydrogens (tertiary/aromatic N) is 5. The number of rotatable bonds is 2. The van der Waals surface area contributed by atoms with Crippen LogP contribution in [0, 0.1) is 29.2 Å². The van der Waals surface area contributed by atoms with E-state index >= 15 is 0 Å². The van der Waals surface area contributed by atoms with Crippen LogP contribution in [0.25, 0.3) is 81.8 Å². The van der Waals surface area contributed by atoms with Gasteiger partial charge in [0.2, 0.25) is 0 Å². The van der Waals surface area contributed by atoms with Gasteiger partial charge in [-0.15, -0.1) is 0 Å². The van der Waals surface area contributed by atoms with Crippen LogP contribution < -0.4 is 0 Å². The number of aromatic nitrogens is 2. The predicted octanol–water partition coefficient (Wildman–Crippen LogP) is 10.1. The summed E-state index contributed by atoms with van der Waals surface area (Å²) in [5.74, 6) is 0. The Kier molecular flexibility index (Phi) is 5.00. The Morgan fingerprint density at radius 1 is 0.533 bits per heavy atom. The van der Waals surface area contributed by atoms with E-state index in [0.717, 1.165) is 76.9 Å². The number of benzene rings is 6. The lowest BCUT2D eigenvalue weighted by Gasteiger charge is -2.13. The Morgan fingerprint density at radius 3 is 1.84 bits per heavy atom. The van der Waals surface area contributed by atoms with Crippen molar-refractivity contribution < 1.29 is 4.42 Å². The van der Waals surface area contributed by atoms with Crippen molar-refractivity contribution in [2.24, 2.45) is 0 Å². The fourth-order valence-corrected chi connectivity index (χ4v) is 6.87. The normalized spacial score (nSPS) is 11.5. The van der Waals surface area contributed by atoms with Crippen molar-refractivity contribution in [2.45, 2.75) is 0 Å². The molecule has 9 rings (SSSR count). The summed E-state index contributed by atoms with van der Waals surface area (Å²) in [7, 11) is 0. The van der Waals surface area contributed by atoms with Crippen LogP contribution in [0.4, 0.5) is 5.69 Å². The molecule has 0 N–H and O–H groups in total. The Bertz CT molecular complexity index is 2790. The van der Waals surface area contributed by atoms with Crippen LogP contribution in [0.2, 0.25) is 0 Å². The zero-order valence-corrected chi connectivity index (χ0v) is 23.6. The van der Waals surface area contributed by atoms with Crippen LogP contribution >= 0.6 is 0 Å². The standard InChI is InChI=1S/C39H19N5O/c1-42-25-11-14-34-31(19-25)38-35(15-16-37-39(38)28-7-2-3-8-36(28)45-37)44(34)27-6-4-5-26(20-27)43-32-12-9-23(21-40)17-29(32)30-18-24(22-41)10-13-33(30)43/h2-20H. The highest BCUT2D eigenvalue weighted by Gasteiger charge is 2.20. The van der Waals surface area contributed by atoms with Gasteiger partial charge in [-0.1, -0.05) is 30.3 Å². The van der Waals surface area contributed by atoms with E-state index in [4.69, 9.17) is 11.0 Å². The molecular weight excluding hydrogens is 554 g/mol. The zero-order valence-electron chi connectivity index (χ0n) is 23.6. The van der Waals surface area contributed by atoms with E-state index in [-0.39, 0.29) is 0 Å². The van der Waals surface area contributed by atoms with Gasteiger partial charge in [0.25, 0.3) is 0 Å². The van der Waals surface area contributed by atoms with E-state index in [1.54, 1.807) is 0 Å². The number of para-hydroxylation sites is 1. The molecule has 3 aromatic heterocycles. The van der Waals surface area contributed by atoms with Gasteiger partial charge in [0.1, 0.15) is 11.2 Å². The maximum atomic E-state index is 9.62. The van der Waals surface area contributed by atoms with E-state index < -0.39 is 0 Å². The van der Waals surface area contributed by atoms with E-state index in [0.29, 0.717) is 16.8 Å². The summed E-state index contributed by atoms with van der Waals surface area (Å²) >= 11 is 0. The van der Waals surface area contributed by atoms with Gasteiger partial charge in [-0.3, -0.25) is 0 Å². The van der Waals surface area contributed by atoms with Crippen molar-refractivity contribution in [3.05, 3.63) is 138 Å². The number of nitriles is 2. The molecule has 9 aromatic rings. The molecule has 6 aromatic carbocycles. The third kappa shape index (κ3) is 3.41. The molecule has 0 radical (unpaired) electrons. The first-order chi connectivity index (χ1) is 22.2. The molecule has 0 aliphatic heterocycles. The number of hydrogen-bond donors (Lipinski definition) is 0. The fourth-order valence-electron chi connectivity index (χ4n) is 6.87. The highest BCUT2D eigenvalue weighted by molar-refractivity contribution is 6.27. The lowest BCUT2D eigenvalue weighted by Crippen LogP contribution is -1.98. The van der Waals surface area contributed by atoms with E-state index in [1.165, 1.54) is 0 Å². The quantitative estimate of drug-likeness (QED) is 0.193. The van der Waals surface area contributed by atoms with Crippen molar-refractivity contribution in [2.75, 3.05) is 0 Å². The van der Waals surface area contributed by atoms with E-state index in [1.807, 2.05) is 84.9 Å². The van der Waals surface area contributed by atoms with Crippen molar-refractivity contribution in [1.29, 1.82) is 10.5 Å². The van der Waals surface area contributed by atoms with Crippen molar-refractivity contribution in [1.82, 2.24) is 9.13 Å². The maximum Gasteiger partial charge on any atom is 0.188 e. The first-order valence-corrected chi connectivity index (χ1v) is 14.4. The Balaban J connectivity index is 1.37. The maximum absolute atomic E-state index is 9.62. The Labute approximate surface area is 256 Å². The van der Waals surface area contributed by atoms with Crippen LogP contribution in [-0.2, 0) is 0 Å². The first-order valence-electron chi connectivity index (χ1n) is 14.4. The van der Waals surface area contributed by atoms with Crippen LogP contribution in [0.3, 0.4) is 0 Å². The average molecular weight is 574 g/mol. The van der Waals surface area contributed by atoms with Crippen molar-refractivity contribution in [3.8, 4) is 23.5 Å². The third-order valence-corrected chi connectivity index (χ3v) is 8.75. The zero-order chi connectivity index (χ0) is 30.2. The number of furan rings is 1. The summed E-state index contributed by atoms with van der Waals surface area (Å²) in [5.41, 5.74) is 9.18. The van der Waals surface area contributed by atoms with Crippen LogP contribution in [-0.4, -0.2) is 9.13 Å². The minimum atomic E-state index is 0.569. The van der Waals surface area contributed by atoms with Crippen molar-refractivity contribution in [3.63, 3.8) is 0 Å². The summed E-state index contributed by atoms with van der Waals surface area (Å²) in [6.07, 6.45) is 0. The van der Waals surface area contributed by atoms with E-state index in [9.17, 15) is 10.5 Å². The first kappa shape index (κ1) is 24.8. The molecule has 3 heterocycles. The predicted molar refractivity (Wildman–Crippen MR) is 178 cm³/mol. The summed E-state index contributed by atoms with van der Waals surface area (Å²) < 4.78 is 10.7. The number of hydrogen-bond acceptors (Lipinski definition) is 3. The molecule has 0 fully saturated rings. The molecule has 0 saturated carbocycles. The monoisotopic (exact) mass is 573 g/mol. The SMILES string of the molecule is [C-]#[N+]c1ccc2c(c1)c1c3c(ccc1n2-c1cccc(-n2c4ccc(C#N)cc4c4cc(C#N)ccc42)c1)oc1ccccc13. The molecule has 0 atom stereocenters. The second kappa shape index (κ2) is 9.09. The highest BCUT2D eigenvalue weighted by atomic mass is 16.3. The van der Waals surface area contributed by atoms with E-state index in [2.05, 4.69) is 56.4 Å². The minimum absolute atomic E-state index is 0.569. The van der Waals surface area contributed by atoms with Gasteiger partial charge in [-0.25, -0.2) is 4.85 Å². The molecule has 45 heavy (non-hydrogen) atoms. The molecule has 0 aliphatic carbocycles. The second-order valence-electron chi connectivity index (χ2n) is 11.1. The van der Waals surface area contributed by atoms with Crippen LogP contribution in [0.5, 0.6) is 0 Å². The van der Waals surface area contributed by atoms with Crippen LogP contribution in [0.15, 0.2) is 120 Å². The lowest BCUT2D eigenvalue weighted by molar-refractivity contribution is 0.669. The summed E-state index contributed by atoms with van der Waals surface area (Å²) in [6.45, 7) is 7.71. The van der Waals surface area contributed by atoms with Crippen LogP contribution in [0.1, 0.15) is 11.1 Å². The molecule has 0 unspecified atom stereocenters.